The maximum Gasteiger partial charge on any atom is 0.268 e. The van der Waals surface area contributed by atoms with Crippen LogP contribution in [0.4, 0.5) is 15.8 Å². The van der Waals surface area contributed by atoms with E-state index in [1.54, 1.807) is 41.3 Å². The van der Waals surface area contributed by atoms with Crippen molar-refractivity contribution in [2.45, 2.75) is 16.6 Å². The Morgan fingerprint density at radius 3 is 2.44 bits per heavy atom. The van der Waals surface area contributed by atoms with Gasteiger partial charge in [0.25, 0.3) is 10.0 Å². The quantitative estimate of drug-likeness (QED) is 0.222. The fourth-order valence-electron chi connectivity index (χ4n) is 5.01. The van der Waals surface area contributed by atoms with E-state index in [0.29, 0.717) is 53.3 Å². The Hall–Kier alpha value is -3.67. The van der Waals surface area contributed by atoms with E-state index >= 15 is 0 Å². The maximum atomic E-state index is 14.2. The standard InChI is InChI=1S/C29H25ClFN5O3S2/c30-21-10-11-24-22(16-21)28-26(41(38,39)36(24)18-20-6-2-1-3-7-20)17-32-29(33-28)40-19-27(37)35-14-12-34(13-15-35)25-9-5-4-8-23(25)31/h1-11,16-17H,12-15,18-19H2. The van der Waals surface area contributed by atoms with Crippen molar-refractivity contribution in [3.63, 3.8) is 0 Å². The maximum absolute atomic E-state index is 14.2. The molecule has 1 aromatic heterocycles. The van der Waals surface area contributed by atoms with Gasteiger partial charge in [-0.25, -0.2) is 22.8 Å². The van der Waals surface area contributed by atoms with Crippen LogP contribution in [0.2, 0.25) is 5.02 Å². The summed E-state index contributed by atoms with van der Waals surface area (Å²) in [5, 5.41) is 0.742. The van der Waals surface area contributed by atoms with Crippen LogP contribution in [-0.4, -0.2) is 61.1 Å². The largest absolute Gasteiger partial charge is 0.366 e. The highest BCUT2D eigenvalue weighted by molar-refractivity contribution is 7.99. The predicted molar refractivity (Wildman–Crippen MR) is 158 cm³/mol. The molecule has 0 spiro atoms. The van der Waals surface area contributed by atoms with Crippen LogP contribution in [0, 0.1) is 5.82 Å². The van der Waals surface area contributed by atoms with Gasteiger partial charge in [-0.15, -0.1) is 0 Å². The zero-order chi connectivity index (χ0) is 28.6. The van der Waals surface area contributed by atoms with E-state index in [1.165, 1.54) is 16.6 Å². The lowest BCUT2D eigenvalue weighted by Crippen LogP contribution is -2.49. The van der Waals surface area contributed by atoms with Crippen LogP contribution < -0.4 is 9.21 Å². The Morgan fingerprint density at radius 1 is 0.951 bits per heavy atom. The van der Waals surface area contributed by atoms with Gasteiger partial charge in [-0.05, 0) is 35.9 Å². The summed E-state index contributed by atoms with van der Waals surface area (Å²) >= 11 is 7.47. The second-order valence-electron chi connectivity index (χ2n) is 9.63. The second-order valence-corrected chi connectivity index (χ2v) is 12.8. The Kier molecular flexibility index (Phi) is 7.58. The third kappa shape index (κ3) is 5.49. The van der Waals surface area contributed by atoms with Crippen molar-refractivity contribution in [3.05, 3.63) is 95.4 Å². The first-order chi connectivity index (χ1) is 19.8. The van der Waals surface area contributed by atoms with Crippen molar-refractivity contribution >= 4 is 50.7 Å². The topological polar surface area (TPSA) is 86.7 Å². The van der Waals surface area contributed by atoms with Gasteiger partial charge in [-0.2, -0.15) is 0 Å². The van der Waals surface area contributed by atoms with Gasteiger partial charge in [-0.3, -0.25) is 9.10 Å². The molecule has 0 radical (unpaired) electrons. The molecule has 4 aromatic rings. The molecule has 6 rings (SSSR count). The van der Waals surface area contributed by atoms with E-state index in [1.807, 2.05) is 35.2 Å². The van der Waals surface area contributed by atoms with Crippen LogP contribution in [0.25, 0.3) is 11.3 Å². The number of thioether (sulfide) groups is 1. The number of amides is 1. The van der Waals surface area contributed by atoms with Crippen LogP contribution in [0.15, 0.2) is 89.0 Å². The van der Waals surface area contributed by atoms with Crippen molar-refractivity contribution < 1.29 is 17.6 Å². The summed E-state index contributed by atoms with van der Waals surface area (Å²) in [5.74, 6) is -0.275. The molecule has 41 heavy (non-hydrogen) atoms. The Bertz CT molecular complexity index is 1720. The minimum Gasteiger partial charge on any atom is -0.366 e. The molecule has 8 nitrogen and oxygen atoms in total. The van der Waals surface area contributed by atoms with Gasteiger partial charge in [-0.1, -0.05) is 65.8 Å². The number of fused-ring (bicyclic) bond motifs is 3. The molecule has 2 aliphatic rings. The van der Waals surface area contributed by atoms with Gasteiger partial charge < -0.3 is 9.80 Å². The lowest BCUT2D eigenvalue weighted by molar-refractivity contribution is -0.128. The zero-order valence-corrected chi connectivity index (χ0v) is 24.2. The minimum atomic E-state index is -3.95. The summed E-state index contributed by atoms with van der Waals surface area (Å²) in [5.41, 5.74) is 2.69. The van der Waals surface area contributed by atoms with Gasteiger partial charge in [0.05, 0.1) is 35.6 Å². The van der Waals surface area contributed by atoms with Gasteiger partial charge in [0, 0.05) is 36.8 Å². The van der Waals surface area contributed by atoms with Crippen LogP contribution in [0.5, 0.6) is 0 Å². The highest BCUT2D eigenvalue weighted by Gasteiger charge is 2.37. The number of rotatable bonds is 6. The van der Waals surface area contributed by atoms with Crippen LogP contribution in [-0.2, 0) is 21.4 Å². The minimum absolute atomic E-state index is 0.0110. The fraction of sp³-hybridized carbons (Fsp3) is 0.207. The number of halogens is 2. The molecule has 1 amide bonds. The smallest absolute Gasteiger partial charge is 0.268 e. The molecule has 1 fully saturated rings. The lowest BCUT2D eigenvalue weighted by atomic mass is 10.1. The molecule has 0 saturated carbocycles. The summed E-state index contributed by atoms with van der Waals surface area (Å²) in [4.78, 5) is 25.5. The number of carbonyl (C=O) groups is 1. The first kappa shape index (κ1) is 27.5. The number of aromatic nitrogens is 2. The summed E-state index contributed by atoms with van der Waals surface area (Å²) in [6, 6.07) is 21.0. The SMILES string of the molecule is O=C(CSc1ncc2c(n1)-c1cc(Cl)ccc1N(Cc1ccccc1)S2(=O)=O)N1CCN(c2ccccc2F)CC1. The van der Waals surface area contributed by atoms with Gasteiger partial charge in [0.1, 0.15) is 10.7 Å². The highest BCUT2D eigenvalue weighted by atomic mass is 35.5. The van der Waals surface area contributed by atoms with E-state index in [9.17, 15) is 17.6 Å². The normalized spacial score (nSPS) is 15.8. The first-order valence-corrected chi connectivity index (χ1v) is 15.8. The van der Waals surface area contributed by atoms with Gasteiger partial charge >= 0.3 is 0 Å². The number of nitrogens with zero attached hydrogens (tertiary/aromatic N) is 5. The van der Waals surface area contributed by atoms with Crippen molar-refractivity contribution in [3.8, 4) is 11.3 Å². The number of anilines is 2. The molecule has 0 atom stereocenters. The lowest BCUT2D eigenvalue weighted by Gasteiger charge is -2.36. The Morgan fingerprint density at radius 2 is 1.68 bits per heavy atom. The van der Waals surface area contributed by atoms with Crippen LogP contribution in [0.1, 0.15) is 5.56 Å². The summed E-state index contributed by atoms with van der Waals surface area (Å²) < 4.78 is 42.9. The summed E-state index contributed by atoms with van der Waals surface area (Å²) in [6.45, 7) is 2.15. The molecule has 3 aromatic carbocycles. The molecule has 0 bridgehead atoms. The van der Waals surface area contributed by atoms with E-state index in [4.69, 9.17) is 11.6 Å². The van der Waals surface area contributed by atoms with E-state index in [-0.39, 0.29) is 34.6 Å². The third-order valence-electron chi connectivity index (χ3n) is 7.10. The van der Waals surface area contributed by atoms with E-state index < -0.39 is 10.0 Å². The monoisotopic (exact) mass is 609 g/mol. The van der Waals surface area contributed by atoms with Crippen molar-refractivity contribution in [2.24, 2.45) is 0 Å². The average Bonchev–Trinajstić information content (AvgIpc) is 2.99. The number of sulfonamides is 1. The number of hydrogen-bond donors (Lipinski definition) is 0. The van der Waals surface area contributed by atoms with Crippen molar-refractivity contribution in [1.82, 2.24) is 14.9 Å². The highest BCUT2D eigenvalue weighted by Crippen LogP contribution is 2.44. The molecular weight excluding hydrogens is 585 g/mol. The number of carbonyl (C=O) groups excluding carboxylic acids is 1. The third-order valence-corrected chi connectivity index (χ3v) is 9.94. The number of piperazine rings is 1. The molecule has 3 heterocycles. The van der Waals surface area contributed by atoms with Crippen LogP contribution >= 0.6 is 23.4 Å². The first-order valence-electron chi connectivity index (χ1n) is 12.9. The molecule has 0 unspecified atom stereocenters. The molecule has 0 N–H and O–H groups in total. The Balaban J connectivity index is 1.19. The van der Waals surface area contributed by atoms with Crippen molar-refractivity contribution in [1.29, 1.82) is 0 Å². The number of benzene rings is 3. The van der Waals surface area contributed by atoms with E-state index in [2.05, 4.69) is 9.97 Å². The molecule has 210 valence electrons. The second kappa shape index (κ2) is 11.3. The number of hydrogen-bond acceptors (Lipinski definition) is 7. The predicted octanol–water partition coefficient (Wildman–Crippen LogP) is 5.09. The Labute approximate surface area is 246 Å². The van der Waals surface area contributed by atoms with E-state index in [0.717, 1.165) is 17.3 Å². The molecule has 2 aliphatic heterocycles. The van der Waals surface area contributed by atoms with Gasteiger partial charge in [0.15, 0.2) is 5.16 Å². The van der Waals surface area contributed by atoms with Crippen LogP contribution in [0.3, 0.4) is 0 Å². The van der Waals surface area contributed by atoms with Crippen molar-refractivity contribution in [2.75, 3.05) is 41.1 Å². The van der Waals surface area contributed by atoms with Gasteiger partial charge in [0.2, 0.25) is 5.91 Å². The fourth-order valence-corrected chi connectivity index (χ4v) is 7.46. The molecule has 1 saturated heterocycles. The molecule has 0 aliphatic carbocycles. The average molecular weight is 610 g/mol. The summed E-state index contributed by atoms with van der Waals surface area (Å²) in [7, 11) is -3.95. The zero-order valence-electron chi connectivity index (χ0n) is 21.8. The number of para-hydroxylation sites is 1. The molecular formula is C29H25ClFN5O3S2. The summed E-state index contributed by atoms with van der Waals surface area (Å²) in [6.07, 6.45) is 1.31. The molecule has 12 heteroatoms.